The molecule has 0 aliphatic carbocycles. The molecule has 2 amide bonds. The molecule has 1 N–H and O–H groups in total. The largest absolute Gasteiger partial charge is 0.461 e. The van der Waals surface area contributed by atoms with Crippen LogP contribution in [0.4, 0.5) is 5.82 Å². The average Bonchev–Trinajstić information content (AvgIpc) is 3.32. The molecule has 10 nitrogen and oxygen atoms in total. The van der Waals surface area contributed by atoms with Gasteiger partial charge in [0.2, 0.25) is 5.82 Å². The highest BCUT2D eigenvalue weighted by molar-refractivity contribution is 6.06. The van der Waals surface area contributed by atoms with Gasteiger partial charge in [0.25, 0.3) is 11.8 Å². The van der Waals surface area contributed by atoms with Crippen molar-refractivity contribution in [1.29, 1.82) is 0 Å². The summed E-state index contributed by atoms with van der Waals surface area (Å²) >= 11 is 0. The summed E-state index contributed by atoms with van der Waals surface area (Å²) in [6, 6.07) is 6.76. The van der Waals surface area contributed by atoms with Gasteiger partial charge in [0.15, 0.2) is 11.6 Å². The molecule has 158 valence electrons. The Morgan fingerprint density at radius 3 is 2.55 bits per heavy atom. The van der Waals surface area contributed by atoms with Crippen LogP contribution in [-0.4, -0.2) is 50.6 Å². The van der Waals surface area contributed by atoms with Crippen molar-refractivity contribution in [3.8, 4) is 11.5 Å². The highest BCUT2D eigenvalue weighted by Gasteiger charge is 2.17. The van der Waals surface area contributed by atoms with Gasteiger partial charge in [0.05, 0.1) is 17.8 Å². The maximum atomic E-state index is 12.7. The van der Waals surface area contributed by atoms with Crippen LogP contribution in [0.25, 0.3) is 11.0 Å². The Morgan fingerprint density at radius 2 is 1.90 bits per heavy atom. The quantitative estimate of drug-likeness (QED) is 0.528. The van der Waals surface area contributed by atoms with Crippen LogP contribution >= 0.6 is 0 Å². The summed E-state index contributed by atoms with van der Waals surface area (Å²) in [5.74, 6) is 1.21. The minimum atomic E-state index is -0.359. The number of carbonyl (C=O) groups is 2. The first-order valence-corrected chi connectivity index (χ1v) is 9.37. The van der Waals surface area contributed by atoms with E-state index < -0.39 is 0 Å². The third-order valence-electron chi connectivity index (χ3n) is 4.39. The number of anilines is 1. The molecule has 0 bridgehead atoms. The fourth-order valence-corrected chi connectivity index (χ4v) is 2.93. The number of benzene rings is 1. The van der Waals surface area contributed by atoms with E-state index in [0.29, 0.717) is 39.6 Å². The van der Waals surface area contributed by atoms with E-state index >= 15 is 0 Å². The second kappa shape index (κ2) is 7.90. The zero-order valence-electron chi connectivity index (χ0n) is 17.4. The average molecular weight is 420 g/mol. The number of hydrogen-bond acceptors (Lipinski definition) is 7. The second-order valence-corrected chi connectivity index (χ2v) is 7.12. The van der Waals surface area contributed by atoms with Crippen molar-refractivity contribution in [3.63, 3.8) is 0 Å². The number of nitrogens with zero attached hydrogens (tertiary/aromatic N) is 5. The van der Waals surface area contributed by atoms with Crippen molar-refractivity contribution >= 4 is 28.6 Å². The van der Waals surface area contributed by atoms with Gasteiger partial charge in [0.1, 0.15) is 17.1 Å². The van der Waals surface area contributed by atoms with Crippen LogP contribution in [0.1, 0.15) is 26.7 Å². The van der Waals surface area contributed by atoms with Crippen LogP contribution in [0.15, 0.2) is 47.3 Å². The van der Waals surface area contributed by atoms with Crippen molar-refractivity contribution in [2.24, 2.45) is 7.05 Å². The highest BCUT2D eigenvalue weighted by atomic mass is 16.5. The summed E-state index contributed by atoms with van der Waals surface area (Å²) in [7, 11) is 5.00. The Labute approximate surface area is 177 Å². The molecular weight excluding hydrogens is 400 g/mol. The van der Waals surface area contributed by atoms with Crippen LogP contribution < -0.4 is 10.1 Å². The van der Waals surface area contributed by atoms with E-state index in [1.54, 1.807) is 50.2 Å². The summed E-state index contributed by atoms with van der Waals surface area (Å²) < 4.78 is 13.2. The summed E-state index contributed by atoms with van der Waals surface area (Å²) in [5, 5.41) is 7.58. The minimum Gasteiger partial charge on any atom is -0.461 e. The van der Waals surface area contributed by atoms with Crippen LogP contribution in [0.3, 0.4) is 0 Å². The van der Waals surface area contributed by atoms with Crippen molar-refractivity contribution in [2.75, 3.05) is 19.4 Å². The Bertz CT molecular complexity index is 1270. The Hall–Kier alpha value is -4.21. The molecule has 0 fully saturated rings. The smallest absolute Gasteiger partial charge is 0.291 e. The molecule has 3 aromatic heterocycles. The fourth-order valence-electron chi connectivity index (χ4n) is 2.93. The van der Waals surface area contributed by atoms with E-state index in [9.17, 15) is 9.59 Å². The number of hydrogen-bond donors (Lipinski definition) is 1. The van der Waals surface area contributed by atoms with Gasteiger partial charge >= 0.3 is 0 Å². The van der Waals surface area contributed by atoms with Crippen LogP contribution in [0, 0.1) is 6.92 Å². The monoisotopic (exact) mass is 420 g/mol. The number of furan rings is 1. The number of amides is 2. The van der Waals surface area contributed by atoms with Crippen LogP contribution in [-0.2, 0) is 7.05 Å². The molecular formula is C21H20N6O4. The Morgan fingerprint density at radius 1 is 1.16 bits per heavy atom. The van der Waals surface area contributed by atoms with Crippen molar-refractivity contribution in [1.82, 2.24) is 24.6 Å². The van der Waals surface area contributed by atoms with Crippen molar-refractivity contribution < 1.29 is 18.7 Å². The van der Waals surface area contributed by atoms with E-state index in [1.807, 2.05) is 13.0 Å². The molecule has 1 aromatic carbocycles. The van der Waals surface area contributed by atoms with E-state index in [0.717, 1.165) is 0 Å². The molecule has 0 radical (unpaired) electrons. The predicted octanol–water partition coefficient (Wildman–Crippen LogP) is 3.01. The lowest BCUT2D eigenvalue weighted by molar-refractivity contribution is 0.0815. The molecule has 4 rings (SSSR count). The zero-order chi connectivity index (χ0) is 22.1. The fraction of sp³-hybridized carbons (Fsp3) is 0.190. The molecule has 0 aliphatic rings. The van der Waals surface area contributed by atoms with Gasteiger partial charge in [-0.3, -0.25) is 14.3 Å². The molecule has 0 saturated heterocycles. The van der Waals surface area contributed by atoms with Gasteiger partial charge in [-0.2, -0.15) is 5.10 Å². The van der Waals surface area contributed by atoms with Gasteiger partial charge in [0, 0.05) is 39.0 Å². The Balaban J connectivity index is 1.65. The van der Waals surface area contributed by atoms with Gasteiger partial charge in [-0.15, -0.1) is 0 Å². The topological polar surface area (TPSA) is 115 Å². The van der Waals surface area contributed by atoms with E-state index in [-0.39, 0.29) is 17.6 Å². The number of nitrogens with one attached hydrogen (secondary N) is 1. The molecule has 0 aliphatic heterocycles. The van der Waals surface area contributed by atoms with Crippen LogP contribution in [0.5, 0.6) is 11.5 Å². The number of carbonyl (C=O) groups excluding carboxylic acids is 2. The Kier molecular flexibility index (Phi) is 5.12. The molecule has 3 heterocycles. The summed E-state index contributed by atoms with van der Waals surface area (Å²) in [6.45, 7) is 1.81. The SMILES string of the molecule is Cc1cc2c(Oc3cnc(C(=O)N(C)C)nc3)cc(C(=O)Nc3ccn(C)n3)cc2o1. The van der Waals surface area contributed by atoms with Gasteiger partial charge in [-0.05, 0) is 25.1 Å². The van der Waals surface area contributed by atoms with Gasteiger partial charge in [-0.25, -0.2) is 9.97 Å². The molecule has 10 heteroatoms. The lowest BCUT2D eigenvalue weighted by atomic mass is 10.1. The number of aryl methyl sites for hydroxylation is 2. The molecule has 0 spiro atoms. The summed E-state index contributed by atoms with van der Waals surface area (Å²) in [4.78, 5) is 34.2. The van der Waals surface area contributed by atoms with E-state index in [2.05, 4.69) is 20.4 Å². The molecule has 31 heavy (non-hydrogen) atoms. The predicted molar refractivity (Wildman–Crippen MR) is 112 cm³/mol. The van der Waals surface area contributed by atoms with Gasteiger partial charge < -0.3 is 19.4 Å². The summed E-state index contributed by atoms with van der Waals surface area (Å²) in [6.07, 6.45) is 4.54. The third kappa shape index (κ3) is 4.22. The first kappa shape index (κ1) is 20.1. The normalized spacial score (nSPS) is 10.8. The number of ether oxygens (including phenoxy) is 1. The number of rotatable bonds is 5. The van der Waals surface area contributed by atoms with Gasteiger partial charge in [-0.1, -0.05) is 0 Å². The lowest BCUT2D eigenvalue weighted by Gasteiger charge is -2.10. The molecule has 0 saturated carbocycles. The number of fused-ring (bicyclic) bond motifs is 1. The van der Waals surface area contributed by atoms with Crippen LogP contribution in [0.2, 0.25) is 0 Å². The maximum Gasteiger partial charge on any atom is 0.291 e. The first-order valence-electron chi connectivity index (χ1n) is 9.37. The zero-order valence-corrected chi connectivity index (χ0v) is 17.4. The van der Waals surface area contributed by atoms with Crippen molar-refractivity contribution in [3.05, 3.63) is 60.0 Å². The standard InChI is InChI=1S/C21H20N6O4/c1-12-7-15-16(30-12)8-13(20(28)24-18-5-6-27(4)25-18)9-17(15)31-14-10-22-19(23-11-14)21(29)26(2)3/h5-11H,1-4H3,(H,24,25,28). The molecule has 0 atom stereocenters. The van der Waals surface area contributed by atoms with E-state index in [4.69, 9.17) is 9.15 Å². The highest BCUT2D eigenvalue weighted by Crippen LogP contribution is 2.33. The second-order valence-electron chi connectivity index (χ2n) is 7.12. The van der Waals surface area contributed by atoms with E-state index in [1.165, 1.54) is 17.3 Å². The first-order chi connectivity index (χ1) is 14.8. The minimum absolute atomic E-state index is 0.0603. The molecule has 0 unspecified atom stereocenters. The van der Waals surface area contributed by atoms with Crippen molar-refractivity contribution in [2.45, 2.75) is 6.92 Å². The molecule has 4 aromatic rings. The lowest BCUT2D eigenvalue weighted by Crippen LogP contribution is -2.23. The summed E-state index contributed by atoms with van der Waals surface area (Å²) in [5.41, 5.74) is 0.837. The number of aromatic nitrogens is 4. The maximum absolute atomic E-state index is 12.7. The third-order valence-corrected chi connectivity index (χ3v) is 4.39.